The van der Waals surface area contributed by atoms with Gasteiger partial charge in [-0.25, -0.2) is 0 Å². The molecule has 74 valence electrons. The van der Waals surface area contributed by atoms with Crippen molar-refractivity contribution in [2.24, 2.45) is 10.7 Å². The zero-order valence-corrected chi connectivity index (χ0v) is 7.82. The summed E-state index contributed by atoms with van der Waals surface area (Å²) in [5, 5.41) is 0. The first-order chi connectivity index (χ1) is 6.20. The van der Waals surface area contributed by atoms with Crippen LogP contribution in [0.5, 0.6) is 0 Å². The number of ether oxygens (including phenoxy) is 1. The molecule has 0 spiro atoms. The lowest BCUT2D eigenvalue weighted by molar-refractivity contribution is -0.133. The Labute approximate surface area is 77.6 Å². The lowest BCUT2D eigenvalue weighted by Gasteiger charge is -2.26. The molecule has 1 aliphatic rings. The van der Waals surface area contributed by atoms with Crippen LogP contribution in [0.15, 0.2) is 4.99 Å². The van der Waals surface area contributed by atoms with Gasteiger partial charge in [0, 0.05) is 13.1 Å². The van der Waals surface area contributed by atoms with E-state index in [9.17, 15) is 4.79 Å². The number of hydrogen-bond acceptors (Lipinski definition) is 3. The molecule has 0 aromatic rings. The van der Waals surface area contributed by atoms with Crippen LogP contribution < -0.4 is 5.73 Å². The summed E-state index contributed by atoms with van der Waals surface area (Å²) in [4.78, 5) is 17.0. The van der Waals surface area contributed by atoms with Crippen LogP contribution in [0.3, 0.4) is 0 Å². The number of nitrogens with zero attached hydrogens (tertiary/aromatic N) is 2. The standard InChI is InChI=1S/C8H15N3O2/c1-7(9)10-6-8(12)11-2-4-13-5-3-11/h2-6H2,1H3,(H2,9,10). The van der Waals surface area contributed by atoms with Crippen molar-refractivity contribution in [3.63, 3.8) is 0 Å². The Balaban J connectivity index is 2.33. The van der Waals surface area contributed by atoms with Gasteiger partial charge in [-0.05, 0) is 6.92 Å². The van der Waals surface area contributed by atoms with Crippen LogP contribution in [0.2, 0.25) is 0 Å². The van der Waals surface area contributed by atoms with Crippen molar-refractivity contribution >= 4 is 11.7 Å². The topological polar surface area (TPSA) is 67.9 Å². The van der Waals surface area contributed by atoms with Crippen LogP contribution in [0.4, 0.5) is 0 Å². The summed E-state index contributed by atoms with van der Waals surface area (Å²) < 4.78 is 5.12. The first-order valence-electron chi connectivity index (χ1n) is 4.32. The lowest BCUT2D eigenvalue weighted by atomic mass is 10.4. The number of morpholine rings is 1. The van der Waals surface area contributed by atoms with Gasteiger partial charge in [0.1, 0.15) is 6.54 Å². The third-order valence-corrected chi connectivity index (χ3v) is 1.83. The van der Waals surface area contributed by atoms with Crippen LogP contribution in [0, 0.1) is 0 Å². The van der Waals surface area contributed by atoms with Gasteiger partial charge in [0.2, 0.25) is 5.91 Å². The summed E-state index contributed by atoms with van der Waals surface area (Å²) in [6.07, 6.45) is 0. The van der Waals surface area contributed by atoms with E-state index in [1.54, 1.807) is 11.8 Å². The quantitative estimate of drug-likeness (QED) is 0.453. The van der Waals surface area contributed by atoms with E-state index >= 15 is 0 Å². The second-order valence-corrected chi connectivity index (χ2v) is 2.95. The molecule has 1 fully saturated rings. The predicted molar refractivity (Wildman–Crippen MR) is 49.6 cm³/mol. The van der Waals surface area contributed by atoms with Gasteiger partial charge in [0.25, 0.3) is 0 Å². The van der Waals surface area contributed by atoms with Crippen LogP contribution >= 0.6 is 0 Å². The molecule has 5 heteroatoms. The fraction of sp³-hybridized carbons (Fsp3) is 0.750. The molecule has 5 nitrogen and oxygen atoms in total. The monoisotopic (exact) mass is 185 g/mol. The fourth-order valence-corrected chi connectivity index (χ4v) is 1.11. The molecule has 2 N–H and O–H groups in total. The van der Waals surface area contributed by atoms with E-state index in [2.05, 4.69) is 4.99 Å². The summed E-state index contributed by atoms with van der Waals surface area (Å²) in [6.45, 7) is 4.40. The molecule has 0 unspecified atom stereocenters. The van der Waals surface area contributed by atoms with Crippen LogP contribution in [0.1, 0.15) is 6.92 Å². The molecule has 0 aliphatic carbocycles. The second kappa shape index (κ2) is 4.81. The van der Waals surface area contributed by atoms with Crippen molar-refractivity contribution in [2.75, 3.05) is 32.8 Å². The third-order valence-electron chi connectivity index (χ3n) is 1.83. The van der Waals surface area contributed by atoms with Crippen LogP contribution in [-0.4, -0.2) is 49.5 Å². The molecular formula is C8H15N3O2. The first-order valence-corrected chi connectivity index (χ1v) is 4.32. The Morgan fingerprint density at radius 1 is 1.54 bits per heavy atom. The maximum absolute atomic E-state index is 11.4. The van der Waals surface area contributed by atoms with Crippen LogP contribution in [-0.2, 0) is 9.53 Å². The minimum Gasteiger partial charge on any atom is -0.388 e. The largest absolute Gasteiger partial charge is 0.388 e. The molecular weight excluding hydrogens is 170 g/mol. The van der Waals surface area contributed by atoms with Crippen molar-refractivity contribution in [1.82, 2.24) is 4.90 Å². The van der Waals surface area contributed by atoms with Crippen molar-refractivity contribution in [3.8, 4) is 0 Å². The minimum atomic E-state index is 0.0214. The van der Waals surface area contributed by atoms with Gasteiger partial charge in [-0.1, -0.05) is 0 Å². The maximum atomic E-state index is 11.4. The van der Waals surface area contributed by atoms with Gasteiger partial charge in [-0.15, -0.1) is 0 Å². The molecule has 0 radical (unpaired) electrons. The van der Waals surface area contributed by atoms with E-state index in [1.807, 2.05) is 0 Å². The molecule has 0 bridgehead atoms. The van der Waals surface area contributed by atoms with Gasteiger partial charge in [0.15, 0.2) is 0 Å². The van der Waals surface area contributed by atoms with E-state index in [0.717, 1.165) is 0 Å². The Bertz CT molecular complexity index is 205. The molecule has 1 rings (SSSR count). The smallest absolute Gasteiger partial charge is 0.244 e. The van der Waals surface area contributed by atoms with E-state index in [4.69, 9.17) is 10.5 Å². The minimum absolute atomic E-state index is 0.0214. The number of amidine groups is 1. The number of amides is 1. The molecule has 1 aliphatic heterocycles. The number of carbonyl (C=O) groups excluding carboxylic acids is 1. The second-order valence-electron chi connectivity index (χ2n) is 2.95. The summed E-state index contributed by atoms with van der Waals surface area (Å²) >= 11 is 0. The van der Waals surface area contributed by atoms with Gasteiger partial charge < -0.3 is 15.4 Å². The summed E-state index contributed by atoms with van der Waals surface area (Å²) in [7, 11) is 0. The zero-order chi connectivity index (χ0) is 9.68. The normalized spacial score (nSPS) is 18.8. The van der Waals surface area contributed by atoms with Gasteiger partial charge in [-0.2, -0.15) is 0 Å². The molecule has 0 saturated carbocycles. The molecule has 13 heavy (non-hydrogen) atoms. The highest BCUT2D eigenvalue weighted by molar-refractivity contribution is 5.83. The van der Waals surface area contributed by atoms with E-state index in [1.165, 1.54) is 0 Å². The Morgan fingerprint density at radius 3 is 2.69 bits per heavy atom. The summed E-state index contributed by atoms with van der Waals surface area (Å²) in [5.41, 5.74) is 5.32. The van der Waals surface area contributed by atoms with E-state index in [-0.39, 0.29) is 12.5 Å². The fourth-order valence-electron chi connectivity index (χ4n) is 1.11. The first kappa shape index (κ1) is 9.98. The molecule has 1 heterocycles. The van der Waals surface area contributed by atoms with Gasteiger partial charge >= 0.3 is 0 Å². The van der Waals surface area contributed by atoms with Gasteiger partial charge in [0.05, 0.1) is 19.0 Å². The maximum Gasteiger partial charge on any atom is 0.244 e. The van der Waals surface area contributed by atoms with Crippen molar-refractivity contribution < 1.29 is 9.53 Å². The Hall–Kier alpha value is -1.10. The van der Waals surface area contributed by atoms with E-state index < -0.39 is 0 Å². The number of nitrogens with two attached hydrogens (primary N) is 1. The summed E-state index contributed by atoms with van der Waals surface area (Å²) in [6, 6.07) is 0. The van der Waals surface area contributed by atoms with Crippen LogP contribution in [0.25, 0.3) is 0 Å². The number of aliphatic imine (C=N–C) groups is 1. The van der Waals surface area contributed by atoms with Crippen molar-refractivity contribution in [1.29, 1.82) is 0 Å². The zero-order valence-electron chi connectivity index (χ0n) is 7.82. The van der Waals surface area contributed by atoms with Crippen molar-refractivity contribution in [2.45, 2.75) is 6.92 Å². The average molecular weight is 185 g/mol. The Kier molecular flexibility index (Phi) is 3.70. The summed E-state index contributed by atoms with van der Waals surface area (Å²) in [5.74, 6) is 0.467. The average Bonchev–Trinajstić information content (AvgIpc) is 2.15. The number of carbonyl (C=O) groups is 1. The Morgan fingerprint density at radius 2 is 2.15 bits per heavy atom. The molecule has 1 amide bonds. The molecule has 0 atom stereocenters. The number of rotatable bonds is 2. The molecule has 1 saturated heterocycles. The highest BCUT2D eigenvalue weighted by Crippen LogP contribution is 1.97. The highest BCUT2D eigenvalue weighted by atomic mass is 16.5. The molecule has 0 aromatic heterocycles. The highest BCUT2D eigenvalue weighted by Gasteiger charge is 2.15. The van der Waals surface area contributed by atoms with E-state index in [0.29, 0.717) is 32.1 Å². The van der Waals surface area contributed by atoms with Crippen molar-refractivity contribution in [3.05, 3.63) is 0 Å². The van der Waals surface area contributed by atoms with Gasteiger partial charge in [-0.3, -0.25) is 9.79 Å². The predicted octanol–water partition coefficient (Wildman–Crippen LogP) is -0.778. The number of hydrogen-bond donors (Lipinski definition) is 1. The SMILES string of the molecule is CC(N)=NCC(=O)N1CCOCC1. The lowest BCUT2D eigenvalue weighted by Crippen LogP contribution is -2.42. The molecule has 0 aromatic carbocycles. The third kappa shape index (κ3) is 3.42.